The molecule has 0 fully saturated rings. The molecule has 26 heavy (non-hydrogen) atoms. The van der Waals surface area contributed by atoms with E-state index in [1.54, 1.807) is 26.0 Å². The number of aromatic nitrogens is 2. The Kier molecular flexibility index (Phi) is 5.78. The van der Waals surface area contributed by atoms with Crippen molar-refractivity contribution in [2.45, 2.75) is 24.3 Å². The van der Waals surface area contributed by atoms with Gasteiger partial charge in [0.2, 0.25) is 0 Å². The fraction of sp³-hybridized carbons (Fsp3) is 0.211. The first-order valence-corrected chi connectivity index (χ1v) is 9.79. The van der Waals surface area contributed by atoms with Gasteiger partial charge in [-0.05, 0) is 44.2 Å². The zero-order chi connectivity index (χ0) is 18.7. The number of carbonyl (C=O) groups is 1. The smallest absolute Gasteiger partial charge is 0.319 e. The van der Waals surface area contributed by atoms with Gasteiger partial charge >= 0.3 is 5.97 Å². The first-order chi connectivity index (χ1) is 12.5. The van der Waals surface area contributed by atoms with Crippen LogP contribution >= 0.6 is 27.7 Å². The number of carbonyl (C=O) groups excluding carboxylic acids is 1. The normalized spacial score (nSPS) is 12.1. The molecule has 0 bridgehead atoms. The van der Waals surface area contributed by atoms with Crippen molar-refractivity contribution in [1.82, 2.24) is 9.55 Å². The van der Waals surface area contributed by atoms with Crippen LogP contribution in [0.2, 0.25) is 0 Å². The molecule has 0 aliphatic rings. The summed E-state index contributed by atoms with van der Waals surface area (Å²) >= 11 is 4.61. The van der Waals surface area contributed by atoms with Crippen molar-refractivity contribution < 1.29 is 9.53 Å². The third-order valence-electron chi connectivity index (χ3n) is 3.71. The zero-order valence-corrected chi connectivity index (χ0v) is 16.7. The Morgan fingerprint density at radius 2 is 2.00 bits per heavy atom. The van der Waals surface area contributed by atoms with Crippen LogP contribution in [0, 0.1) is 0 Å². The van der Waals surface area contributed by atoms with Crippen LogP contribution in [0.3, 0.4) is 0 Å². The highest BCUT2D eigenvalue weighted by molar-refractivity contribution is 9.10. The maximum Gasteiger partial charge on any atom is 0.319 e. The molecule has 0 saturated carbocycles. The molecule has 0 amide bonds. The minimum absolute atomic E-state index is 0.180. The Morgan fingerprint density at radius 3 is 2.69 bits per heavy atom. The SMILES string of the molecule is CCOC(=O)[C@H](C)Sc1nc2ccc(Br)cc2c(=O)n1-c1ccccc1. The molecule has 7 heteroatoms. The van der Waals surface area contributed by atoms with Crippen LogP contribution in [0.5, 0.6) is 0 Å². The molecule has 0 unspecified atom stereocenters. The van der Waals surface area contributed by atoms with Crippen molar-refractivity contribution in [1.29, 1.82) is 0 Å². The number of para-hydroxylation sites is 1. The van der Waals surface area contributed by atoms with E-state index in [-0.39, 0.29) is 11.5 Å². The van der Waals surface area contributed by atoms with Gasteiger partial charge in [-0.1, -0.05) is 45.9 Å². The number of halogens is 1. The van der Waals surface area contributed by atoms with E-state index in [1.165, 1.54) is 16.3 Å². The quantitative estimate of drug-likeness (QED) is 0.343. The van der Waals surface area contributed by atoms with Crippen LogP contribution in [0.25, 0.3) is 16.6 Å². The fourth-order valence-corrected chi connectivity index (χ4v) is 3.77. The summed E-state index contributed by atoms with van der Waals surface area (Å²) in [5, 5.41) is 0.484. The highest BCUT2D eigenvalue weighted by atomic mass is 79.9. The third-order valence-corrected chi connectivity index (χ3v) is 5.24. The first kappa shape index (κ1) is 18.7. The molecule has 134 valence electrons. The second kappa shape index (κ2) is 8.05. The Balaban J connectivity index is 2.18. The number of thioether (sulfide) groups is 1. The minimum atomic E-state index is -0.482. The number of rotatable bonds is 5. The maximum absolute atomic E-state index is 13.2. The molecule has 5 nitrogen and oxygen atoms in total. The maximum atomic E-state index is 13.2. The average Bonchev–Trinajstić information content (AvgIpc) is 2.63. The molecule has 3 aromatic rings. The lowest BCUT2D eigenvalue weighted by Crippen LogP contribution is -2.24. The van der Waals surface area contributed by atoms with Crippen molar-refractivity contribution in [3.8, 4) is 5.69 Å². The van der Waals surface area contributed by atoms with E-state index in [0.717, 1.165) is 4.47 Å². The van der Waals surface area contributed by atoms with Crippen molar-refractivity contribution in [3.05, 3.63) is 63.4 Å². The van der Waals surface area contributed by atoms with Gasteiger partial charge in [0.25, 0.3) is 5.56 Å². The lowest BCUT2D eigenvalue weighted by molar-refractivity contribution is -0.142. The van der Waals surface area contributed by atoms with E-state index in [0.29, 0.717) is 28.4 Å². The van der Waals surface area contributed by atoms with Gasteiger partial charge in [0, 0.05) is 4.47 Å². The second-order valence-electron chi connectivity index (χ2n) is 5.54. The van der Waals surface area contributed by atoms with Crippen LogP contribution < -0.4 is 5.56 Å². The average molecular weight is 433 g/mol. The molecular formula is C19H17BrN2O3S. The van der Waals surface area contributed by atoms with E-state index < -0.39 is 5.25 Å². The second-order valence-corrected chi connectivity index (χ2v) is 7.77. The molecule has 3 rings (SSSR count). The summed E-state index contributed by atoms with van der Waals surface area (Å²) in [6, 6.07) is 14.7. The number of ether oxygens (including phenoxy) is 1. The summed E-state index contributed by atoms with van der Waals surface area (Å²) in [7, 11) is 0. The Morgan fingerprint density at radius 1 is 1.27 bits per heavy atom. The van der Waals surface area contributed by atoms with Crippen LogP contribution in [0.4, 0.5) is 0 Å². The molecule has 0 aliphatic carbocycles. The summed E-state index contributed by atoms with van der Waals surface area (Å²) < 4.78 is 7.42. The molecule has 2 aromatic carbocycles. The van der Waals surface area contributed by atoms with Crippen LogP contribution in [0.1, 0.15) is 13.8 Å². The Labute approximate surface area is 163 Å². The van der Waals surface area contributed by atoms with Gasteiger partial charge < -0.3 is 4.74 Å². The minimum Gasteiger partial charge on any atom is -0.465 e. The number of fused-ring (bicyclic) bond motifs is 1. The highest BCUT2D eigenvalue weighted by Crippen LogP contribution is 2.26. The zero-order valence-electron chi connectivity index (χ0n) is 14.3. The largest absolute Gasteiger partial charge is 0.465 e. The van der Waals surface area contributed by atoms with E-state index in [9.17, 15) is 9.59 Å². The molecule has 0 saturated heterocycles. The van der Waals surface area contributed by atoms with Gasteiger partial charge in [-0.3, -0.25) is 14.2 Å². The summed E-state index contributed by atoms with van der Waals surface area (Å²) in [6.45, 7) is 3.83. The summed E-state index contributed by atoms with van der Waals surface area (Å²) in [5.74, 6) is -0.331. The van der Waals surface area contributed by atoms with E-state index in [2.05, 4.69) is 20.9 Å². The highest BCUT2D eigenvalue weighted by Gasteiger charge is 2.21. The van der Waals surface area contributed by atoms with Crippen molar-refractivity contribution in [2.75, 3.05) is 6.61 Å². The summed E-state index contributed by atoms with van der Waals surface area (Å²) in [6.07, 6.45) is 0. The summed E-state index contributed by atoms with van der Waals surface area (Å²) in [4.78, 5) is 29.8. The molecule has 0 N–H and O–H groups in total. The van der Waals surface area contributed by atoms with Crippen LogP contribution in [-0.4, -0.2) is 27.4 Å². The molecular weight excluding hydrogens is 416 g/mol. The van der Waals surface area contributed by atoms with Gasteiger partial charge in [0.15, 0.2) is 5.16 Å². The number of hydrogen-bond acceptors (Lipinski definition) is 5. The molecule has 0 radical (unpaired) electrons. The van der Waals surface area contributed by atoms with E-state index in [1.807, 2.05) is 36.4 Å². The third kappa shape index (κ3) is 3.83. The number of nitrogens with zero attached hydrogens (tertiary/aromatic N) is 2. The monoisotopic (exact) mass is 432 g/mol. The molecule has 1 atom stereocenters. The molecule has 0 spiro atoms. The lowest BCUT2D eigenvalue weighted by Gasteiger charge is -2.16. The first-order valence-electron chi connectivity index (χ1n) is 8.12. The molecule has 0 aliphatic heterocycles. The van der Waals surface area contributed by atoms with Crippen molar-refractivity contribution in [3.63, 3.8) is 0 Å². The molecule has 1 aromatic heterocycles. The van der Waals surface area contributed by atoms with E-state index in [4.69, 9.17) is 4.74 Å². The number of benzene rings is 2. The lowest BCUT2D eigenvalue weighted by atomic mass is 10.2. The van der Waals surface area contributed by atoms with Crippen LogP contribution in [0.15, 0.2) is 63.0 Å². The van der Waals surface area contributed by atoms with Crippen molar-refractivity contribution >= 4 is 44.6 Å². The standard InChI is InChI=1S/C19H17BrN2O3S/c1-3-25-18(24)12(2)26-19-21-16-10-9-13(20)11-15(16)17(23)22(19)14-7-5-4-6-8-14/h4-12H,3H2,1-2H3/t12-/m0/s1. The predicted octanol–water partition coefficient (Wildman–Crippen LogP) is 4.19. The van der Waals surface area contributed by atoms with Crippen molar-refractivity contribution in [2.24, 2.45) is 0 Å². The van der Waals surface area contributed by atoms with E-state index >= 15 is 0 Å². The topological polar surface area (TPSA) is 61.2 Å². The number of esters is 1. The number of hydrogen-bond donors (Lipinski definition) is 0. The fourth-order valence-electron chi connectivity index (χ4n) is 2.49. The van der Waals surface area contributed by atoms with Gasteiger partial charge in [-0.25, -0.2) is 4.98 Å². The Bertz CT molecular complexity index is 1000. The molecule has 1 heterocycles. The Hall–Kier alpha value is -2.12. The predicted molar refractivity (Wildman–Crippen MR) is 107 cm³/mol. The summed E-state index contributed by atoms with van der Waals surface area (Å²) in [5.41, 5.74) is 1.11. The van der Waals surface area contributed by atoms with Gasteiger partial charge in [-0.15, -0.1) is 0 Å². The van der Waals surface area contributed by atoms with Crippen LogP contribution in [-0.2, 0) is 9.53 Å². The van der Waals surface area contributed by atoms with Gasteiger partial charge in [0.1, 0.15) is 5.25 Å². The van der Waals surface area contributed by atoms with Gasteiger partial charge in [0.05, 0.1) is 23.2 Å². The van der Waals surface area contributed by atoms with Gasteiger partial charge in [-0.2, -0.15) is 0 Å².